The molecule has 0 bridgehead atoms. The number of para-hydroxylation sites is 1. The number of hydrogen-bond donors (Lipinski definition) is 1. The summed E-state index contributed by atoms with van der Waals surface area (Å²) >= 11 is 0. The van der Waals surface area contributed by atoms with E-state index < -0.39 is 0 Å². The van der Waals surface area contributed by atoms with E-state index in [2.05, 4.69) is 15.0 Å². The van der Waals surface area contributed by atoms with Crippen molar-refractivity contribution in [3.63, 3.8) is 0 Å². The molecule has 2 aromatic heterocycles. The van der Waals surface area contributed by atoms with Crippen molar-refractivity contribution < 1.29 is 9.32 Å². The van der Waals surface area contributed by atoms with Crippen LogP contribution in [0.4, 0.5) is 5.82 Å². The molecule has 1 amide bonds. The second-order valence-corrected chi connectivity index (χ2v) is 4.30. The van der Waals surface area contributed by atoms with Crippen LogP contribution in [0.3, 0.4) is 0 Å². The van der Waals surface area contributed by atoms with E-state index in [1.165, 1.54) is 35.2 Å². The zero-order chi connectivity index (χ0) is 14.7. The van der Waals surface area contributed by atoms with Gasteiger partial charge in [-0.2, -0.15) is 0 Å². The maximum absolute atomic E-state index is 12.1. The van der Waals surface area contributed by atoms with Crippen LogP contribution >= 0.6 is 0 Å². The number of aromatic nitrogens is 2. The number of nitrogens with one attached hydrogen (secondary N) is 1. The third kappa shape index (κ3) is 2.74. The third-order valence-corrected chi connectivity index (χ3v) is 2.89. The maximum Gasteiger partial charge on any atom is 0.258 e. The highest BCUT2D eigenvalue weighted by Crippen LogP contribution is 2.08. The molecule has 0 saturated carbocycles. The number of nitrogens with zero attached hydrogens (tertiary/aromatic N) is 2. The van der Waals surface area contributed by atoms with Gasteiger partial charge in [0.2, 0.25) is 0 Å². The zero-order valence-corrected chi connectivity index (χ0v) is 10.9. The van der Waals surface area contributed by atoms with E-state index in [9.17, 15) is 9.59 Å². The number of pyridine rings is 1. The molecule has 0 aliphatic rings. The predicted octanol–water partition coefficient (Wildman–Crippen LogP) is 2.08. The predicted molar refractivity (Wildman–Crippen MR) is 76.5 cm³/mol. The summed E-state index contributed by atoms with van der Waals surface area (Å²) in [7, 11) is 0. The van der Waals surface area contributed by atoms with Gasteiger partial charge in [0.15, 0.2) is 5.82 Å². The van der Waals surface area contributed by atoms with E-state index in [0.29, 0.717) is 17.1 Å². The van der Waals surface area contributed by atoms with Gasteiger partial charge in [0, 0.05) is 24.0 Å². The highest BCUT2D eigenvalue weighted by molar-refractivity contribution is 6.03. The normalized spacial score (nSPS) is 10.3. The van der Waals surface area contributed by atoms with Gasteiger partial charge in [0.1, 0.15) is 6.26 Å². The van der Waals surface area contributed by atoms with Gasteiger partial charge in [-0.25, -0.2) is 0 Å². The Morgan fingerprint density at radius 1 is 1.10 bits per heavy atom. The average molecular weight is 281 g/mol. The van der Waals surface area contributed by atoms with Crippen LogP contribution in [0.1, 0.15) is 10.4 Å². The summed E-state index contributed by atoms with van der Waals surface area (Å²) in [5.74, 6) is -0.0500. The first-order chi connectivity index (χ1) is 10.2. The fraction of sp³-hybridized carbons (Fsp3) is 0. The van der Waals surface area contributed by atoms with Gasteiger partial charge in [-0.05, 0) is 18.2 Å². The first kappa shape index (κ1) is 12.9. The molecule has 0 fully saturated rings. The molecule has 0 atom stereocenters. The Bertz CT molecular complexity index is 808. The molecule has 0 radical (unpaired) electrons. The molecule has 3 rings (SSSR count). The quantitative estimate of drug-likeness (QED) is 0.797. The summed E-state index contributed by atoms with van der Waals surface area (Å²) in [5.41, 5.74) is 0.833. The van der Waals surface area contributed by atoms with E-state index >= 15 is 0 Å². The Kier molecular flexibility index (Phi) is 3.34. The van der Waals surface area contributed by atoms with Crippen LogP contribution in [0.5, 0.6) is 0 Å². The number of rotatable bonds is 3. The second kappa shape index (κ2) is 5.46. The fourth-order valence-corrected chi connectivity index (χ4v) is 1.88. The smallest absolute Gasteiger partial charge is 0.258 e. The summed E-state index contributed by atoms with van der Waals surface area (Å²) in [6.07, 6.45) is 2.85. The van der Waals surface area contributed by atoms with Gasteiger partial charge in [0.05, 0.1) is 5.56 Å². The van der Waals surface area contributed by atoms with Gasteiger partial charge in [-0.1, -0.05) is 23.4 Å². The van der Waals surface area contributed by atoms with Gasteiger partial charge in [0.25, 0.3) is 11.5 Å². The molecule has 2 heterocycles. The molecule has 1 N–H and O–H groups in total. The summed E-state index contributed by atoms with van der Waals surface area (Å²) in [4.78, 5) is 24.0. The molecule has 21 heavy (non-hydrogen) atoms. The summed E-state index contributed by atoms with van der Waals surface area (Å²) < 4.78 is 6.06. The van der Waals surface area contributed by atoms with E-state index in [1.54, 1.807) is 12.1 Å². The monoisotopic (exact) mass is 281 g/mol. The minimum absolute atomic E-state index is 0.209. The lowest BCUT2D eigenvalue weighted by atomic mass is 10.2. The number of carbonyl (C=O) groups is 1. The molecule has 104 valence electrons. The lowest BCUT2D eigenvalue weighted by molar-refractivity contribution is 0.102. The van der Waals surface area contributed by atoms with Crippen molar-refractivity contribution in [2.75, 3.05) is 5.32 Å². The largest absolute Gasteiger partial charge is 0.363 e. The number of carbonyl (C=O) groups excluding carboxylic acids is 1. The number of benzene rings is 1. The first-order valence-corrected chi connectivity index (χ1v) is 6.24. The van der Waals surface area contributed by atoms with Crippen LogP contribution in [0, 0.1) is 0 Å². The van der Waals surface area contributed by atoms with Crippen molar-refractivity contribution in [2.24, 2.45) is 0 Å². The average Bonchev–Trinajstić information content (AvgIpc) is 3.01. The molecule has 0 unspecified atom stereocenters. The molecule has 0 saturated heterocycles. The first-order valence-electron chi connectivity index (χ1n) is 6.24. The topological polar surface area (TPSA) is 77.1 Å². The molecular formula is C15H11N3O3. The Balaban J connectivity index is 1.94. The van der Waals surface area contributed by atoms with E-state index in [1.807, 2.05) is 18.2 Å². The second-order valence-electron chi connectivity index (χ2n) is 4.30. The SMILES string of the molecule is O=C(Nc1ccon1)c1ccc(=O)n(-c2ccccc2)c1. The van der Waals surface area contributed by atoms with Crippen LogP contribution in [-0.2, 0) is 0 Å². The van der Waals surface area contributed by atoms with Crippen LogP contribution < -0.4 is 10.9 Å². The zero-order valence-electron chi connectivity index (χ0n) is 10.9. The Labute approximate surface area is 119 Å². The molecular weight excluding hydrogens is 270 g/mol. The standard InChI is InChI=1S/C15H11N3O3/c19-14-7-6-11(15(20)16-13-8-9-21-17-13)10-18(14)12-4-2-1-3-5-12/h1-10H,(H,16,17,20). The molecule has 1 aromatic carbocycles. The number of amides is 1. The summed E-state index contributed by atoms with van der Waals surface area (Å²) in [6.45, 7) is 0. The van der Waals surface area contributed by atoms with Crippen molar-refractivity contribution in [3.8, 4) is 5.69 Å². The van der Waals surface area contributed by atoms with Crippen LogP contribution in [-0.4, -0.2) is 15.6 Å². The minimum Gasteiger partial charge on any atom is -0.363 e. The summed E-state index contributed by atoms with van der Waals surface area (Å²) in [5, 5.41) is 6.18. The van der Waals surface area contributed by atoms with Gasteiger partial charge >= 0.3 is 0 Å². The van der Waals surface area contributed by atoms with Crippen molar-refractivity contribution in [2.45, 2.75) is 0 Å². The third-order valence-electron chi connectivity index (χ3n) is 2.89. The Hall–Kier alpha value is -3.15. The van der Waals surface area contributed by atoms with Gasteiger partial charge < -0.3 is 9.84 Å². The molecule has 3 aromatic rings. The maximum atomic E-state index is 12.1. The van der Waals surface area contributed by atoms with Gasteiger partial charge in [-0.15, -0.1) is 0 Å². The lowest BCUT2D eigenvalue weighted by Crippen LogP contribution is -2.20. The lowest BCUT2D eigenvalue weighted by Gasteiger charge is -2.07. The Morgan fingerprint density at radius 3 is 2.62 bits per heavy atom. The van der Waals surface area contributed by atoms with Crippen molar-refractivity contribution in [3.05, 3.63) is 76.9 Å². The van der Waals surface area contributed by atoms with E-state index in [0.717, 1.165) is 0 Å². The van der Waals surface area contributed by atoms with E-state index in [4.69, 9.17) is 0 Å². The molecule has 0 aliphatic heterocycles. The number of hydrogen-bond acceptors (Lipinski definition) is 4. The molecule has 6 heteroatoms. The highest BCUT2D eigenvalue weighted by Gasteiger charge is 2.10. The van der Waals surface area contributed by atoms with Crippen LogP contribution in [0.2, 0.25) is 0 Å². The van der Waals surface area contributed by atoms with E-state index in [-0.39, 0.29) is 11.5 Å². The molecule has 6 nitrogen and oxygen atoms in total. The van der Waals surface area contributed by atoms with Gasteiger partial charge in [-0.3, -0.25) is 14.2 Å². The van der Waals surface area contributed by atoms with Crippen molar-refractivity contribution in [1.29, 1.82) is 0 Å². The fourth-order valence-electron chi connectivity index (χ4n) is 1.88. The Morgan fingerprint density at radius 2 is 1.90 bits per heavy atom. The minimum atomic E-state index is -0.367. The van der Waals surface area contributed by atoms with Crippen molar-refractivity contribution in [1.82, 2.24) is 9.72 Å². The number of anilines is 1. The highest BCUT2D eigenvalue weighted by atomic mass is 16.5. The van der Waals surface area contributed by atoms with Crippen LogP contribution in [0.25, 0.3) is 5.69 Å². The molecule has 0 aliphatic carbocycles. The summed E-state index contributed by atoms with van der Waals surface area (Å²) in [6, 6.07) is 13.4. The van der Waals surface area contributed by atoms with Crippen LogP contribution in [0.15, 0.2) is 70.3 Å². The molecule has 0 spiro atoms. The van der Waals surface area contributed by atoms with Crippen molar-refractivity contribution >= 4 is 11.7 Å².